The maximum Gasteiger partial charge on any atom is 0.287 e. The molecule has 0 unspecified atom stereocenters. The Bertz CT molecular complexity index is 1700. The molecule has 1 aromatic heterocycles. The summed E-state index contributed by atoms with van der Waals surface area (Å²) in [6.45, 7) is -0.493. The SMILES string of the molecule is N#Cc1ccc(COc2ccc(C#CC34CC(C(F)(F)[C@@](O)(Cn5cnnn5)c5ccc(F)cc5F)(C3)C4)cc2)cc1. The summed E-state index contributed by atoms with van der Waals surface area (Å²) >= 11 is 0. The minimum absolute atomic E-state index is 0.0204. The van der Waals surface area contributed by atoms with E-state index < -0.39 is 46.1 Å². The number of aliphatic hydroxyl groups is 1. The maximum absolute atomic E-state index is 16.2. The molecule has 11 heteroatoms. The molecule has 7 nitrogen and oxygen atoms in total. The zero-order valence-corrected chi connectivity index (χ0v) is 22.1. The lowest BCUT2D eigenvalue weighted by atomic mass is 9.32. The zero-order chi connectivity index (χ0) is 29.6. The summed E-state index contributed by atoms with van der Waals surface area (Å²) < 4.78 is 67.5. The lowest BCUT2D eigenvalue weighted by Gasteiger charge is -2.72. The summed E-state index contributed by atoms with van der Waals surface area (Å²) in [5, 5.41) is 30.7. The van der Waals surface area contributed by atoms with Crippen molar-refractivity contribution in [1.29, 1.82) is 5.26 Å². The zero-order valence-electron chi connectivity index (χ0n) is 22.1. The average molecular weight is 574 g/mol. The number of hydrogen-bond donors (Lipinski definition) is 1. The molecule has 0 aliphatic heterocycles. The van der Waals surface area contributed by atoms with Crippen LogP contribution in [0.25, 0.3) is 0 Å². The number of nitrogens with zero attached hydrogens (tertiary/aromatic N) is 5. The highest BCUT2D eigenvalue weighted by molar-refractivity contribution is 5.44. The first kappa shape index (κ1) is 27.4. The number of tetrazole rings is 1. The Morgan fingerprint density at radius 1 is 0.976 bits per heavy atom. The van der Waals surface area contributed by atoms with Gasteiger partial charge >= 0.3 is 0 Å². The number of ether oxygens (including phenoxy) is 1. The Balaban J connectivity index is 1.14. The van der Waals surface area contributed by atoms with Crippen molar-refractivity contribution < 1.29 is 27.4 Å². The third kappa shape index (κ3) is 4.56. The van der Waals surface area contributed by atoms with E-state index in [0.717, 1.165) is 28.7 Å². The van der Waals surface area contributed by atoms with Gasteiger partial charge in [0.15, 0.2) is 5.60 Å². The molecule has 42 heavy (non-hydrogen) atoms. The number of benzene rings is 3. The van der Waals surface area contributed by atoms with Gasteiger partial charge in [0.2, 0.25) is 0 Å². The van der Waals surface area contributed by atoms with Crippen LogP contribution in [0.4, 0.5) is 17.6 Å². The van der Waals surface area contributed by atoms with Gasteiger partial charge in [-0.15, -0.1) is 5.10 Å². The van der Waals surface area contributed by atoms with E-state index in [2.05, 4.69) is 33.4 Å². The number of hydrogen-bond acceptors (Lipinski definition) is 6. The molecule has 3 saturated carbocycles. The fraction of sp³-hybridized carbons (Fsp3) is 0.290. The van der Waals surface area contributed by atoms with Crippen LogP contribution in [0.2, 0.25) is 0 Å². The molecule has 3 aliphatic carbocycles. The Morgan fingerprint density at radius 2 is 1.67 bits per heavy atom. The van der Waals surface area contributed by atoms with Crippen LogP contribution in [0.3, 0.4) is 0 Å². The van der Waals surface area contributed by atoms with Crippen LogP contribution in [-0.4, -0.2) is 31.2 Å². The van der Waals surface area contributed by atoms with Gasteiger partial charge in [-0.25, -0.2) is 22.2 Å². The minimum atomic E-state index is -3.80. The minimum Gasteiger partial charge on any atom is -0.489 e. The molecule has 0 spiro atoms. The van der Waals surface area contributed by atoms with Crippen LogP contribution in [0.15, 0.2) is 73.1 Å². The van der Waals surface area contributed by atoms with Gasteiger partial charge in [0.05, 0.1) is 18.2 Å². The van der Waals surface area contributed by atoms with Gasteiger partial charge in [-0.3, -0.25) is 0 Å². The summed E-state index contributed by atoms with van der Waals surface area (Å²) in [7, 11) is 0. The third-order valence-corrected chi connectivity index (χ3v) is 8.19. The summed E-state index contributed by atoms with van der Waals surface area (Å²) in [5.41, 5.74) is -3.82. The summed E-state index contributed by atoms with van der Waals surface area (Å²) in [6, 6.07) is 18.4. The van der Waals surface area contributed by atoms with Crippen LogP contribution >= 0.6 is 0 Å². The van der Waals surface area contributed by atoms with Gasteiger partial charge in [-0.1, -0.05) is 24.0 Å². The molecule has 3 aromatic carbocycles. The lowest BCUT2D eigenvalue weighted by molar-refractivity contribution is -0.355. The molecule has 1 N–H and O–H groups in total. The number of alkyl halides is 2. The third-order valence-electron chi connectivity index (χ3n) is 8.19. The van der Waals surface area contributed by atoms with E-state index in [-0.39, 0.29) is 19.3 Å². The Morgan fingerprint density at radius 3 is 2.29 bits per heavy atom. The van der Waals surface area contributed by atoms with Crippen LogP contribution in [0.1, 0.15) is 41.5 Å². The van der Waals surface area contributed by atoms with Crippen molar-refractivity contribution in [1.82, 2.24) is 20.2 Å². The van der Waals surface area contributed by atoms with Crippen molar-refractivity contribution >= 4 is 0 Å². The predicted octanol–water partition coefficient (Wildman–Crippen LogP) is 5.15. The van der Waals surface area contributed by atoms with E-state index in [1.807, 2.05) is 12.1 Å². The van der Waals surface area contributed by atoms with Crippen molar-refractivity contribution in [2.24, 2.45) is 10.8 Å². The summed E-state index contributed by atoms with van der Waals surface area (Å²) in [5.74, 6) is 0.773. The molecule has 1 heterocycles. The van der Waals surface area contributed by atoms with Crippen LogP contribution in [0, 0.1) is 45.6 Å². The Kier molecular flexibility index (Phi) is 6.51. The molecule has 0 saturated heterocycles. The average Bonchev–Trinajstić information content (AvgIpc) is 3.44. The van der Waals surface area contributed by atoms with Crippen molar-refractivity contribution in [2.45, 2.75) is 43.9 Å². The maximum atomic E-state index is 16.2. The van der Waals surface area contributed by atoms with Gasteiger partial charge in [0, 0.05) is 28.0 Å². The number of aromatic nitrogens is 4. The van der Waals surface area contributed by atoms with E-state index in [4.69, 9.17) is 10.00 Å². The molecule has 2 bridgehead atoms. The quantitative estimate of drug-likeness (QED) is 0.232. The lowest BCUT2D eigenvalue weighted by Crippen LogP contribution is -2.74. The molecule has 0 amide bonds. The smallest absolute Gasteiger partial charge is 0.287 e. The Hall–Kier alpha value is -4.74. The van der Waals surface area contributed by atoms with Crippen molar-refractivity contribution in [3.05, 3.63) is 107 Å². The summed E-state index contributed by atoms with van der Waals surface area (Å²) in [4.78, 5) is 0. The molecule has 3 aliphatic rings. The van der Waals surface area contributed by atoms with Crippen molar-refractivity contribution in [3.63, 3.8) is 0 Å². The highest BCUT2D eigenvalue weighted by Gasteiger charge is 2.81. The van der Waals surface area contributed by atoms with Crippen LogP contribution in [0.5, 0.6) is 5.75 Å². The number of nitriles is 1. The first-order valence-electron chi connectivity index (χ1n) is 13.1. The second-order valence-corrected chi connectivity index (χ2v) is 11.0. The molecule has 7 rings (SSSR count). The van der Waals surface area contributed by atoms with E-state index in [1.165, 1.54) is 0 Å². The van der Waals surface area contributed by atoms with Crippen LogP contribution < -0.4 is 4.74 Å². The van der Waals surface area contributed by atoms with Crippen molar-refractivity contribution in [2.75, 3.05) is 0 Å². The van der Waals surface area contributed by atoms with Crippen LogP contribution in [-0.2, 0) is 18.8 Å². The van der Waals surface area contributed by atoms with Gasteiger partial charge in [-0.2, -0.15) is 5.26 Å². The molecule has 212 valence electrons. The first-order valence-corrected chi connectivity index (χ1v) is 13.1. The second-order valence-electron chi connectivity index (χ2n) is 11.0. The molecule has 0 radical (unpaired) electrons. The van der Waals surface area contributed by atoms with E-state index in [1.54, 1.807) is 36.4 Å². The van der Waals surface area contributed by atoms with Gasteiger partial charge in [0.1, 0.15) is 30.3 Å². The topological polar surface area (TPSA) is 96.8 Å². The number of halogens is 4. The summed E-state index contributed by atoms with van der Waals surface area (Å²) in [6.07, 6.45) is 1.10. The van der Waals surface area contributed by atoms with Gasteiger partial charge in [-0.05, 0) is 83.8 Å². The van der Waals surface area contributed by atoms with E-state index in [0.29, 0.717) is 29.5 Å². The van der Waals surface area contributed by atoms with E-state index >= 15 is 8.78 Å². The van der Waals surface area contributed by atoms with Crippen molar-refractivity contribution in [3.8, 4) is 23.7 Å². The number of rotatable bonds is 8. The predicted molar refractivity (Wildman–Crippen MR) is 141 cm³/mol. The highest BCUT2D eigenvalue weighted by atomic mass is 19.3. The first-order chi connectivity index (χ1) is 20.1. The molecule has 4 aromatic rings. The fourth-order valence-corrected chi connectivity index (χ4v) is 6.04. The van der Waals surface area contributed by atoms with Gasteiger partial charge < -0.3 is 9.84 Å². The fourth-order valence-electron chi connectivity index (χ4n) is 6.04. The molecular weight excluding hydrogens is 550 g/mol. The molecule has 1 atom stereocenters. The largest absolute Gasteiger partial charge is 0.489 e. The van der Waals surface area contributed by atoms with E-state index in [9.17, 15) is 13.9 Å². The monoisotopic (exact) mass is 573 g/mol. The normalized spacial score (nSPS) is 22.0. The highest BCUT2D eigenvalue weighted by Crippen LogP contribution is 2.80. The molecule has 3 fully saturated rings. The van der Waals surface area contributed by atoms with Gasteiger partial charge in [0.25, 0.3) is 5.92 Å². The standard InChI is InChI=1S/C31H23F4N5O2/c32-24-7-10-26(27(33)13-24)30(41,19-40-20-37-38-39-40)31(34,35)29-16-28(17-29,18-29)12-11-21-5-8-25(9-6-21)42-15-23-3-1-22(14-36)2-4-23/h1-10,13,20,41H,15-19H2/t28?,29?,30-/m1/s1. The Labute approximate surface area is 238 Å². The molecular formula is C31H23F4N5O2. The second kappa shape index (κ2) is 9.97.